The van der Waals surface area contributed by atoms with Gasteiger partial charge in [-0.15, -0.1) is 0 Å². The molecule has 1 aliphatic carbocycles. The Bertz CT molecular complexity index is 422. The first-order chi connectivity index (χ1) is 8.08. The topological polar surface area (TPSA) is 55.1 Å². The van der Waals surface area contributed by atoms with Crippen LogP contribution in [0.5, 0.6) is 0 Å². The van der Waals surface area contributed by atoms with Crippen molar-refractivity contribution in [1.29, 1.82) is 0 Å². The van der Waals surface area contributed by atoms with Crippen molar-refractivity contribution >= 4 is 10.8 Å². The fourth-order valence-electron chi connectivity index (χ4n) is 2.58. The molecule has 3 nitrogen and oxygen atoms in total. The fourth-order valence-corrected chi connectivity index (χ4v) is 3.38. The lowest BCUT2D eigenvalue weighted by molar-refractivity contribution is 0.456. The highest BCUT2D eigenvalue weighted by molar-refractivity contribution is 7.84. The van der Waals surface area contributed by atoms with Gasteiger partial charge in [-0.3, -0.25) is 4.21 Å². The zero-order valence-electron chi connectivity index (χ0n) is 10.3. The van der Waals surface area contributed by atoms with Crippen molar-refractivity contribution < 1.29 is 4.21 Å². The summed E-state index contributed by atoms with van der Waals surface area (Å²) >= 11 is 0. The molecule has 0 saturated carbocycles. The average molecular weight is 252 g/mol. The normalized spacial score (nSPS) is 26.5. The van der Waals surface area contributed by atoms with Crippen LogP contribution in [-0.2, 0) is 10.8 Å². The van der Waals surface area contributed by atoms with Crippen molar-refractivity contribution in [3.63, 3.8) is 0 Å². The molecule has 4 heteroatoms. The lowest BCUT2D eigenvalue weighted by Gasteiger charge is -2.19. The minimum Gasteiger partial charge on any atom is -0.324 e. The van der Waals surface area contributed by atoms with E-state index in [9.17, 15) is 4.21 Å². The monoisotopic (exact) mass is 252 g/mol. The van der Waals surface area contributed by atoms with E-state index >= 15 is 0 Å². The van der Waals surface area contributed by atoms with Crippen molar-refractivity contribution in [1.82, 2.24) is 5.32 Å². The molecule has 3 N–H and O–H groups in total. The fraction of sp³-hybridized carbons (Fsp3) is 0.538. The molecular weight excluding hydrogens is 232 g/mol. The number of hydrogen-bond donors (Lipinski definition) is 2. The summed E-state index contributed by atoms with van der Waals surface area (Å²) in [6, 6.07) is 9.01. The molecule has 0 radical (unpaired) electrons. The Balaban J connectivity index is 2.07. The van der Waals surface area contributed by atoms with Gasteiger partial charge in [-0.05, 0) is 24.5 Å². The highest BCUT2D eigenvalue weighted by Crippen LogP contribution is 2.37. The Hall–Kier alpha value is -0.710. The minimum absolute atomic E-state index is 0.128. The Morgan fingerprint density at radius 1 is 1.47 bits per heavy atom. The second kappa shape index (κ2) is 5.29. The Morgan fingerprint density at radius 2 is 2.12 bits per heavy atom. The van der Waals surface area contributed by atoms with E-state index in [4.69, 9.17) is 5.73 Å². The molecule has 1 aliphatic rings. The first kappa shape index (κ1) is 12.7. The summed E-state index contributed by atoms with van der Waals surface area (Å²) in [5.74, 6) is 0.688. The summed E-state index contributed by atoms with van der Waals surface area (Å²) < 4.78 is 11.2. The molecule has 0 heterocycles. The lowest BCUT2D eigenvalue weighted by atomic mass is 10.1. The van der Waals surface area contributed by atoms with Crippen molar-refractivity contribution in [3.05, 3.63) is 35.4 Å². The van der Waals surface area contributed by atoms with Gasteiger partial charge in [0.15, 0.2) is 0 Å². The van der Waals surface area contributed by atoms with Crippen LogP contribution in [0.1, 0.15) is 36.6 Å². The number of fused-ring (bicyclic) bond motifs is 1. The molecule has 0 aromatic heterocycles. The third kappa shape index (κ3) is 2.94. The van der Waals surface area contributed by atoms with Gasteiger partial charge in [0.1, 0.15) is 0 Å². The second-order valence-corrected chi connectivity index (χ2v) is 6.31. The minimum atomic E-state index is -0.756. The molecule has 0 spiro atoms. The maximum Gasteiger partial charge on any atom is 0.0383 e. The molecule has 4 atom stereocenters. The van der Waals surface area contributed by atoms with Gasteiger partial charge >= 0.3 is 0 Å². The molecule has 0 bridgehead atoms. The van der Waals surface area contributed by atoms with E-state index in [0.717, 1.165) is 6.42 Å². The Labute approximate surface area is 105 Å². The van der Waals surface area contributed by atoms with Gasteiger partial charge in [-0.2, -0.15) is 0 Å². The number of benzene rings is 1. The van der Waals surface area contributed by atoms with E-state index in [1.54, 1.807) is 6.26 Å². The first-order valence-corrected chi connectivity index (χ1v) is 7.71. The molecule has 1 aromatic rings. The summed E-state index contributed by atoms with van der Waals surface area (Å²) in [5.41, 5.74) is 8.66. The molecule has 94 valence electrons. The summed E-state index contributed by atoms with van der Waals surface area (Å²) in [7, 11) is -0.756. The number of hydrogen-bond acceptors (Lipinski definition) is 3. The number of nitrogens with one attached hydrogen (secondary N) is 1. The molecule has 1 aromatic carbocycles. The SMILES string of the molecule is CC(CS(C)=O)NC1CC(N)c2ccccc21. The van der Waals surface area contributed by atoms with Crippen LogP contribution in [0.15, 0.2) is 24.3 Å². The third-order valence-electron chi connectivity index (χ3n) is 3.23. The highest BCUT2D eigenvalue weighted by atomic mass is 32.2. The quantitative estimate of drug-likeness (QED) is 0.853. The predicted molar refractivity (Wildman–Crippen MR) is 72.3 cm³/mol. The lowest BCUT2D eigenvalue weighted by Crippen LogP contribution is -2.33. The highest BCUT2D eigenvalue weighted by Gasteiger charge is 2.28. The molecule has 0 amide bonds. The number of nitrogens with two attached hydrogens (primary N) is 1. The predicted octanol–water partition coefficient (Wildman–Crippen LogP) is 1.49. The van der Waals surface area contributed by atoms with Crippen molar-refractivity contribution in [3.8, 4) is 0 Å². The van der Waals surface area contributed by atoms with Crippen LogP contribution in [0.4, 0.5) is 0 Å². The van der Waals surface area contributed by atoms with Gasteiger partial charge in [0.2, 0.25) is 0 Å². The largest absolute Gasteiger partial charge is 0.324 e. The number of rotatable bonds is 4. The van der Waals surface area contributed by atoms with Crippen molar-refractivity contribution in [2.75, 3.05) is 12.0 Å². The van der Waals surface area contributed by atoms with Crippen molar-refractivity contribution in [2.45, 2.75) is 31.5 Å². The van der Waals surface area contributed by atoms with E-state index in [0.29, 0.717) is 11.8 Å². The molecule has 0 aliphatic heterocycles. The van der Waals surface area contributed by atoms with Gasteiger partial charge in [0.05, 0.1) is 0 Å². The third-order valence-corrected chi connectivity index (χ3v) is 4.20. The van der Waals surface area contributed by atoms with Crippen molar-refractivity contribution in [2.24, 2.45) is 5.73 Å². The van der Waals surface area contributed by atoms with E-state index < -0.39 is 10.8 Å². The smallest absolute Gasteiger partial charge is 0.0383 e. The zero-order valence-corrected chi connectivity index (χ0v) is 11.2. The zero-order chi connectivity index (χ0) is 12.4. The van der Waals surface area contributed by atoms with Gasteiger partial charge in [-0.25, -0.2) is 0 Å². The standard InChI is InChI=1S/C13H20N2OS/c1-9(8-17(2)16)15-13-7-12(14)10-5-3-4-6-11(10)13/h3-6,9,12-13,15H,7-8,14H2,1-2H3. The Morgan fingerprint density at radius 3 is 2.76 bits per heavy atom. The molecular formula is C13H20N2OS. The van der Waals surface area contributed by atoms with E-state index in [1.807, 2.05) is 12.1 Å². The maximum atomic E-state index is 11.2. The van der Waals surface area contributed by atoms with Crippen LogP contribution in [0.2, 0.25) is 0 Å². The summed E-state index contributed by atoms with van der Waals surface area (Å²) in [6.45, 7) is 2.08. The average Bonchev–Trinajstić information content (AvgIpc) is 2.55. The first-order valence-electron chi connectivity index (χ1n) is 5.98. The Kier molecular flexibility index (Phi) is 3.97. The second-order valence-electron chi connectivity index (χ2n) is 4.83. The molecule has 0 saturated heterocycles. The van der Waals surface area contributed by atoms with Crippen LogP contribution in [0.25, 0.3) is 0 Å². The molecule has 0 fully saturated rings. The summed E-state index contributed by atoms with van der Waals surface area (Å²) in [5, 5.41) is 3.52. The van der Waals surface area contributed by atoms with Gasteiger partial charge in [0, 0.05) is 40.9 Å². The molecule has 4 unspecified atom stereocenters. The summed E-state index contributed by atoms with van der Waals surface area (Å²) in [4.78, 5) is 0. The van der Waals surface area contributed by atoms with Crippen LogP contribution < -0.4 is 11.1 Å². The molecule has 17 heavy (non-hydrogen) atoms. The van der Waals surface area contributed by atoms with E-state index in [2.05, 4.69) is 24.4 Å². The van der Waals surface area contributed by atoms with Crippen LogP contribution in [0.3, 0.4) is 0 Å². The van der Waals surface area contributed by atoms with Crippen LogP contribution in [-0.4, -0.2) is 22.3 Å². The van der Waals surface area contributed by atoms with E-state index in [-0.39, 0.29) is 12.1 Å². The van der Waals surface area contributed by atoms with Crippen LogP contribution in [0, 0.1) is 0 Å². The van der Waals surface area contributed by atoms with Crippen LogP contribution >= 0.6 is 0 Å². The maximum absolute atomic E-state index is 11.2. The summed E-state index contributed by atoms with van der Waals surface area (Å²) in [6.07, 6.45) is 2.67. The van der Waals surface area contributed by atoms with E-state index in [1.165, 1.54) is 11.1 Å². The van der Waals surface area contributed by atoms with Gasteiger partial charge in [0.25, 0.3) is 0 Å². The molecule has 2 rings (SSSR count). The van der Waals surface area contributed by atoms with Gasteiger partial charge in [-0.1, -0.05) is 24.3 Å². The van der Waals surface area contributed by atoms with Gasteiger partial charge < -0.3 is 11.1 Å².